The molecule has 1 N–H and O–H groups in total. The maximum atomic E-state index is 12.7. The third kappa shape index (κ3) is 3.74. The molecule has 0 saturated heterocycles. The van der Waals surface area contributed by atoms with Crippen LogP contribution in [0.3, 0.4) is 0 Å². The van der Waals surface area contributed by atoms with Crippen LogP contribution in [0.2, 0.25) is 0 Å². The van der Waals surface area contributed by atoms with Crippen LogP contribution in [0, 0.1) is 13.8 Å². The van der Waals surface area contributed by atoms with E-state index in [1.807, 2.05) is 45.9 Å². The van der Waals surface area contributed by atoms with Crippen molar-refractivity contribution in [2.45, 2.75) is 33.8 Å². The number of fused-ring (bicyclic) bond motifs is 1. The number of aryl methyl sites for hydroxylation is 2. The fourth-order valence-corrected chi connectivity index (χ4v) is 2.63. The molecule has 0 amide bonds. The summed E-state index contributed by atoms with van der Waals surface area (Å²) in [5, 5.41) is 4.74. The van der Waals surface area contributed by atoms with Gasteiger partial charge in [-0.05, 0) is 51.0 Å². The second-order valence-corrected chi connectivity index (χ2v) is 6.44. The largest absolute Gasteiger partial charge is 0.405 e. The van der Waals surface area contributed by atoms with Crippen molar-refractivity contribution < 1.29 is 4.84 Å². The molecule has 0 bridgehead atoms. The summed E-state index contributed by atoms with van der Waals surface area (Å²) in [4.78, 5) is 22.8. The fourth-order valence-electron chi connectivity index (χ4n) is 2.63. The Morgan fingerprint density at radius 2 is 1.96 bits per heavy atom. The first-order chi connectivity index (χ1) is 12.5. The first kappa shape index (κ1) is 17.7. The third-order valence-corrected chi connectivity index (χ3v) is 3.85. The minimum Gasteiger partial charge on any atom is -0.405 e. The average molecular weight is 350 g/mol. The number of rotatable bonds is 5. The van der Waals surface area contributed by atoms with Gasteiger partial charge < -0.3 is 4.84 Å². The zero-order valence-corrected chi connectivity index (χ0v) is 15.4. The summed E-state index contributed by atoms with van der Waals surface area (Å²) in [6, 6.07) is 13.3. The molecule has 3 rings (SSSR count). The Bertz CT molecular complexity index is 1020. The normalized spacial score (nSPS) is 11.4. The van der Waals surface area contributed by atoms with Crippen molar-refractivity contribution in [3.05, 3.63) is 69.5 Å². The van der Waals surface area contributed by atoms with Crippen LogP contribution in [0.15, 0.2) is 52.4 Å². The topological polar surface area (TPSA) is 68.5 Å². The fraction of sp³-hybridized carbons (Fsp3) is 0.250. The van der Waals surface area contributed by atoms with Crippen molar-refractivity contribution in [2.24, 2.45) is 5.10 Å². The summed E-state index contributed by atoms with van der Waals surface area (Å²) in [7, 11) is 0. The molecule has 0 atom stereocenters. The lowest BCUT2D eigenvalue weighted by Crippen LogP contribution is -2.33. The maximum absolute atomic E-state index is 12.7. The highest BCUT2D eigenvalue weighted by atomic mass is 16.7. The van der Waals surface area contributed by atoms with Gasteiger partial charge in [0.2, 0.25) is 0 Å². The second kappa shape index (κ2) is 7.39. The van der Waals surface area contributed by atoms with Crippen LogP contribution in [-0.4, -0.2) is 22.0 Å². The predicted molar refractivity (Wildman–Crippen MR) is 105 cm³/mol. The highest BCUT2D eigenvalue weighted by Gasteiger charge is 2.12. The molecule has 6 nitrogen and oxygen atoms in total. The number of nitrogens with zero attached hydrogens (tertiary/aromatic N) is 3. The molecule has 0 saturated carbocycles. The Labute approximate surface area is 152 Å². The molecule has 0 fully saturated rings. The number of aromatic nitrogens is 2. The van der Waals surface area contributed by atoms with Gasteiger partial charge in [0.05, 0.1) is 17.1 Å². The van der Waals surface area contributed by atoms with E-state index in [0.717, 1.165) is 15.9 Å². The Kier molecular flexibility index (Phi) is 5.02. The van der Waals surface area contributed by atoms with Gasteiger partial charge >= 0.3 is 0 Å². The van der Waals surface area contributed by atoms with Crippen LogP contribution in [0.4, 0.5) is 5.95 Å². The van der Waals surface area contributed by atoms with E-state index < -0.39 is 0 Å². The van der Waals surface area contributed by atoms with E-state index in [0.29, 0.717) is 10.9 Å². The molecule has 0 aliphatic carbocycles. The average Bonchev–Trinajstić information content (AvgIpc) is 2.60. The zero-order chi connectivity index (χ0) is 18.7. The number of hydrogen-bond donors (Lipinski definition) is 1. The van der Waals surface area contributed by atoms with Crippen molar-refractivity contribution in [1.29, 1.82) is 0 Å². The van der Waals surface area contributed by atoms with Gasteiger partial charge in [0.1, 0.15) is 6.10 Å². The van der Waals surface area contributed by atoms with Gasteiger partial charge in [0.25, 0.3) is 11.5 Å². The van der Waals surface area contributed by atoms with E-state index in [1.165, 1.54) is 5.56 Å². The van der Waals surface area contributed by atoms with E-state index in [2.05, 4.69) is 21.6 Å². The zero-order valence-electron chi connectivity index (χ0n) is 15.4. The number of benzene rings is 2. The number of hydrazone groups is 1. The molecular weight excluding hydrogens is 328 g/mol. The molecule has 134 valence electrons. The van der Waals surface area contributed by atoms with Crippen molar-refractivity contribution in [3.63, 3.8) is 0 Å². The van der Waals surface area contributed by atoms with E-state index in [1.54, 1.807) is 24.4 Å². The summed E-state index contributed by atoms with van der Waals surface area (Å²) >= 11 is 0. The summed E-state index contributed by atoms with van der Waals surface area (Å²) in [6.07, 6.45) is 1.52. The molecule has 0 spiro atoms. The Morgan fingerprint density at radius 1 is 1.19 bits per heavy atom. The molecule has 2 aromatic carbocycles. The van der Waals surface area contributed by atoms with Crippen LogP contribution in [0.5, 0.6) is 0 Å². The monoisotopic (exact) mass is 350 g/mol. The van der Waals surface area contributed by atoms with Gasteiger partial charge in [-0.1, -0.05) is 35.9 Å². The van der Waals surface area contributed by atoms with Gasteiger partial charge in [0.15, 0.2) is 0 Å². The maximum Gasteiger partial charge on any atom is 0.295 e. The Hall–Kier alpha value is -3.15. The third-order valence-electron chi connectivity index (χ3n) is 3.85. The Morgan fingerprint density at radius 3 is 2.69 bits per heavy atom. The summed E-state index contributed by atoms with van der Waals surface area (Å²) in [5.41, 5.74) is 6.47. The van der Waals surface area contributed by atoms with E-state index in [4.69, 9.17) is 4.84 Å². The second-order valence-electron chi connectivity index (χ2n) is 6.44. The van der Waals surface area contributed by atoms with E-state index in [-0.39, 0.29) is 17.6 Å². The van der Waals surface area contributed by atoms with Gasteiger partial charge in [0, 0.05) is 0 Å². The lowest BCUT2D eigenvalue weighted by Gasteiger charge is -2.15. The number of hydrogen-bond acceptors (Lipinski definition) is 5. The lowest BCUT2D eigenvalue weighted by molar-refractivity contribution is 0.0561. The minimum atomic E-state index is -0.270. The van der Waals surface area contributed by atoms with Crippen LogP contribution < -0.4 is 15.8 Å². The van der Waals surface area contributed by atoms with Crippen molar-refractivity contribution >= 4 is 23.1 Å². The van der Waals surface area contributed by atoms with Crippen molar-refractivity contribution in [3.8, 4) is 0 Å². The molecule has 0 aliphatic rings. The molecule has 6 heteroatoms. The van der Waals surface area contributed by atoms with Crippen molar-refractivity contribution in [2.75, 3.05) is 5.43 Å². The molecule has 0 aliphatic heterocycles. The van der Waals surface area contributed by atoms with Crippen LogP contribution in [0.25, 0.3) is 10.9 Å². The molecule has 26 heavy (non-hydrogen) atoms. The van der Waals surface area contributed by atoms with Gasteiger partial charge in [-0.15, -0.1) is 4.73 Å². The summed E-state index contributed by atoms with van der Waals surface area (Å²) in [6.45, 7) is 7.78. The highest BCUT2D eigenvalue weighted by molar-refractivity contribution is 5.82. The Balaban J connectivity index is 1.97. The highest BCUT2D eigenvalue weighted by Crippen LogP contribution is 2.12. The molecule has 0 radical (unpaired) electrons. The summed E-state index contributed by atoms with van der Waals surface area (Å²) < 4.78 is 1.16. The van der Waals surface area contributed by atoms with E-state index in [9.17, 15) is 4.79 Å². The first-order valence-electron chi connectivity index (χ1n) is 8.51. The molecular formula is C20H22N4O2. The van der Waals surface area contributed by atoms with Gasteiger partial charge in [-0.2, -0.15) is 5.10 Å². The smallest absolute Gasteiger partial charge is 0.295 e. The predicted octanol–water partition coefficient (Wildman–Crippen LogP) is 3.30. The SMILES string of the molecule is Cc1ccc(/C=N\Nc2nc3ccccc3c(=O)n2OC(C)C)c(C)c1. The number of anilines is 1. The summed E-state index contributed by atoms with van der Waals surface area (Å²) in [5.74, 6) is 0.239. The number of nitrogens with one attached hydrogen (secondary N) is 1. The van der Waals surface area contributed by atoms with Gasteiger partial charge in [-0.25, -0.2) is 10.4 Å². The van der Waals surface area contributed by atoms with Crippen LogP contribution in [-0.2, 0) is 0 Å². The van der Waals surface area contributed by atoms with Gasteiger partial charge in [-0.3, -0.25) is 4.79 Å². The molecule has 3 aromatic rings. The quantitative estimate of drug-likeness (QED) is 0.566. The number of para-hydroxylation sites is 1. The molecule has 1 heterocycles. The van der Waals surface area contributed by atoms with Crippen LogP contribution >= 0.6 is 0 Å². The first-order valence-corrected chi connectivity index (χ1v) is 8.51. The standard InChI is InChI=1S/C20H22N4O2/c1-13(2)26-24-19(25)17-7-5-6-8-18(17)22-20(24)23-21-12-16-10-9-14(3)11-15(16)4/h5-13H,1-4H3,(H,22,23)/b21-12-. The molecule has 0 unspecified atom stereocenters. The lowest BCUT2D eigenvalue weighted by atomic mass is 10.1. The minimum absolute atomic E-state index is 0.181. The van der Waals surface area contributed by atoms with Crippen molar-refractivity contribution in [1.82, 2.24) is 9.71 Å². The molecule has 1 aromatic heterocycles. The van der Waals surface area contributed by atoms with E-state index >= 15 is 0 Å². The van der Waals surface area contributed by atoms with Crippen LogP contribution in [0.1, 0.15) is 30.5 Å².